The Bertz CT molecular complexity index is 311. The van der Waals surface area contributed by atoms with Gasteiger partial charge in [-0.2, -0.15) is 0 Å². The van der Waals surface area contributed by atoms with Crippen LogP contribution in [0.2, 0.25) is 0 Å². The van der Waals surface area contributed by atoms with Crippen LogP contribution in [-0.2, 0) is 14.4 Å². The van der Waals surface area contributed by atoms with Gasteiger partial charge in [-0.1, -0.05) is 13.8 Å². The molecule has 0 aromatic carbocycles. The molecule has 0 rings (SSSR count). The van der Waals surface area contributed by atoms with Gasteiger partial charge in [-0.15, -0.1) is 0 Å². The zero-order chi connectivity index (χ0) is 13.6. The number of hydrogen-bond acceptors (Lipinski definition) is 3. The van der Waals surface area contributed by atoms with Crippen molar-refractivity contribution < 1.29 is 19.5 Å². The summed E-state index contributed by atoms with van der Waals surface area (Å²) in [6.07, 6.45) is 0.00204. The fourth-order valence-corrected chi connectivity index (χ4v) is 1.30. The third kappa shape index (κ3) is 7.32. The molecule has 6 heteroatoms. The summed E-state index contributed by atoms with van der Waals surface area (Å²) in [5.41, 5.74) is -0.614. The zero-order valence-electron chi connectivity index (χ0n) is 10.7. The maximum atomic E-state index is 11.5. The first-order valence-electron chi connectivity index (χ1n) is 5.33. The quantitative estimate of drug-likeness (QED) is 0.693. The molecule has 6 nitrogen and oxygen atoms in total. The Morgan fingerprint density at radius 1 is 1.18 bits per heavy atom. The van der Waals surface area contributed by atoms with Crippen molar-refractivity contribution in [1.29, 1.82) is 0 Å². The number of carbonyl (C=O) groups is 3. The van der Waals surface area contributed by atoms with Crippen LogP contribution in [0.25, 0.3) is 0 Å². The van der Waals surface area contributed by atoms with Gasteiger partial charge in [-0.25, -0.2) is 0 Å². The van der Waals surface area contributed by atoms with Crippen LogP contribution in [0.1, 0.15) is 26.7 Å². The molecule has 0 saturated heterocycles. The predicted molar refractivity (Wildman–Crippen MR) is 62.4 cm³/mol. The molecule has 0 saturated carbocycles. The van der Waals surface area contributed by atoms with Crippen LogP contribution in [0.3, 0.4) is 0 Å². The number of likely N-dealkylation sites (N-methyl/N-ethyl adjacent to an activating group) is 1. The number of nitrogens with one attached hydrogen (secondary N) is 1. The van der Waals surface area contributed by atoms with Gasteiger partial charge >= 0.3 is 5.97 Å². The molecule has 0 aromatic heterocycles. The molecule has 0 heterocycles. The maximum absolute atomic E-state index is 11.5. The van der Waals surface area contributed by atoms with E-state index in [0.717, 1.165) is 0 Å². The topological polar surface area (TPSA) is 86.7 Å². The molecule has 0 unspecified atom stereocenters. The van der Waals surface area contributed by atoms with Crippen molar-refractivity contribution in [1.82, 2.24) is 10.2 Å². The van der Waals surface area contributed by atoms with E-state index in [0.29, 0.717) is 0 Å². The second-order valence-electron chi connectivity index (χ2n) is 4.98. The van der Waals surface area contributed by atoms with Gasteiger partial charge in [0.1, 0.15) is 0 Å². The van der Waals surface area contributed by atoms with Crippen LogP contribution >= 0.6 is 0 Å². The molecule has 98 valence electrons. The van der Waals surface area contributed by atoms with Gasteiger partial charge in [0.25, 0.3) is 0 Å². The highest BCUT2D eigenvalue weighted by Gasteiger charge is 2.25. The van der Waals surface area contributed by atoms with Gasteiger partial charge < -0.3 is 15.3 Å². The van der Waals surface area contributed by atoms with Crippen LogP contribution in [0.15, 0.2) is 0 Å². The minimum absolute atomic E-state index is 0.0605. The summed E-state index contributed by atoms with van der Waals surface area (Å²) >= 11 is 0. The highest BCUT2D eigenvalue weighted by Crippen LogP contribution is 2.24. The Hall–Kier alpha value is -1.59. The Balaban J connectivity index is 4.10. The van der Waals surface area contributed by atoms with Crippen molar-refractivity contribution >= 4 is 17.8 Å². The SMILES string of the molecule is CN(C)C(=O)CNC(=O)CC(C)(C)CC(=O)O. The van der Waals surface area contributed by atoms with Crippen molar-refractivity contribution in [2.75, 3.05) is 20.6 Å². The number of aliphatic carboxylic acids is 1. The number of hydrogen-bond donors (Lipinski definition) is 2. The Kier molecular flexibility index (Phi) is 5.64. The molecule has 17 heavy (non-hydrogen) atoms. The third-order valence-electron chi connectivity index (χ3n) is 2.20. The number of rotatable bonds is 6. The average molecular weight is 244 g/mol. The molecule has 0 aromatic rings. The van der Waals surface area contributed by atoms with Crippen molar-refractivity contribution in [2.24, 2.45) is 5.41 Å². The molecule has 0 aliphatic heterocycles. The molecule has 0 aliphatic carbocycles. The lowest BCUT2D eigenvalue weighted by molar-refractivity contribution is -0.140. The van der Waals surface area contributed by atoms with Gasteiger partial charge in [0.05, 0.1) is 13.0 Å². The lowest BCUT2D eigenvalue weighted by atomic mass is 9.85. The summed E-state index contributed by atoms with van der Waals surface area (Å²) in [7, 11) is 3.20. The minimum atomic E-state index is -0.938. The van der Waals surface area contributed by atoms with Crippen LogP contribution in [0.5, 0.6) is 0 Å². The van der Waals surface area contributed by atoms with E-state index in [1.54, 1.807) is 27.9 Å². The van der Waals surface area contributed by atoms with Crippen molar-refractivity contribution in [2.45, 2.75) is 26.7 Å². The lowest BCUT2D eigenvalue weighted by Crippen LogP contribution is -2.38. The number of amides is 2. The van der Waals surface area contributed by atoms with E-state index in [1.165, 1.54) is 4.90 Å². The van der Waals surface area contributed by atoms with Crippen LogP contribution in [0.4, 0.5) is 0 Å². The second-order valence-corrected chi connectivity index (χ2v) is 4.98. The summed E-state index contributed by atoms with van der Waals surface area (Å²) < 4.78 is 0. The Morgan fingerprint density at radius 2 is 1.71 bits per heavy atom. The molecule has 2 N–H and O–H groups in total. The average Bonchev–Trinajstić information content (AvgIpc) is 2.10. The van der Waals surface area contributed by atoms with E-state index < -0.39 is 11.4 Å². The Morgan fingerprint density at radius 3 is 2.12 bits per heavy atom. The number of carboxylic acid groups (broad SMARTS) is 1. The zero-order valence-corrected chi connectivity index (χ0v) is 10.7. The summed E-state index contributed by atoms with van der Waals surface area (Å²) in [4.78, 5) is 34.6. The molecule has 0 fully saturated rings. The smallest absolute Gasteiger partial charge is 0.303 e. The van der Waals surface area contributed by atoms with Gasteiger partial charge in [0.2, 0.25) is 11.8 Å². The summed E-state index contributed by atoms with van der Waals surface area (Å²) in [6, 6.07) is 0. The third-order valence-corrected chi connectivity index (χ3v) is 2.20. The molecule has 2 amide bonds. The standard InChI is InChI=1S/C11H20N2O4/c1-11(2,6-10(16)17)5-8(14)12-7-9(15)13(3)4/h5-7H2,1-4H3,(H,12,14)(H,16,17). The van der Waals surface area contributed by atoms with E-state index in [1.807, 2.05) is 0 Å². The molecular formula is C11H20N2O4. The molecule has 0 bridgehead atoms. The van der Waals surface area contributed by atoms with E-state index in [2.05, 4.69) is 5.32 Å². The van der Waals surface area contributed by atoms with Crippen LogP contribution in [-0.4, -0.2) is 48.4 Å². The summed E-state index contributed by atoms with van der Waals surface area (Å²) in [6.45, 7) is 3.35. The van der Waals surface area contributed by atoms with Crippen LogP contribution in [0, 0.1) is 5.41 Å². The number of carbonyl (C=O) groups excluding carboxylic acids is 2. The van der Waals surface area contributed by atoms with Crippen molar-refractivity contribution in [3.63, 3.8) is 0 Å². The fraction of sp³-hybridized carbons (Fsp3) is 0.727. The Labute approximate surface area is 101 Å². The number of nitrogens with zero attached hydrogens (tertiary/aromatic N) is 1. The molecular weight excluding hydrogens is 224 g/mol. The van der Waals surface area contributed by atoms with Crippen LogP contribution < -0.4 is 5.32 Å². The second kappa shape index (κ2) is 6.22. The maximum Gasteiger partial charge on any atom is 0.303 e. The highest BCUT2D eigenvalue weighted by atomic mass is 16.4. The van der Waals surface area contributed by atoms with E-state index in [4.69, 9.17) is 5.11 Å². The molecule has 0 radical (unpaired) electrons. The predicted octanol–water partition coefficient (Wildman–Crippen LogP) is 0.0818. The first kappa shape index (κ1) is 15.4. The largest absolute Gasteiger partial charge is 0.481 e. The van der Waals surface area contributed by atoms with Gasteiger partial charge in [-0.05, 0) is 5.41 Å². The first-order chi connectivity index (χ1) is 7.64. The van der Waals surface area contributed by atoms with E-state index >= 15 is 0 Å². The summed E-state index contributed by atoms with van der Waals surface area (Å²) in [5.74, 6) is -1.45. The number of carboxylic acids is 1. The normalized spacial score (nSPS) is 10.8. The monoisotopic (exact) mass is 244 g/mol. The van der Waals surface area contributed by atoms with Gasteiger partial charge in [0.15, 0.2) is 0 Å². The highest BCUT2D eigenvalue weighted by molar-refractivity contribution is 5.85. The summed E-state index contributed by atoms with van der Waals surface area (Å²) in [5, 5.41) is 11.1. The van der Waals surface area contributed by atoms with Gasteiger partial charge in [0, 0.05) is 20.5 Å². The van der Waals surface area contributed by atoms with Crippen molar-refractivity contribution in [3.05, 3.63) is 0 Å². The van der Waals surface area contributed by atoms with E-state index in [-0.39, 0.29) is 31.2 Å². The minimum Gasteiger partial charge on any atom is -0.481 e. The van der Waals surface area contributed by atoms with Crippen molar-refractivity contribution in [3.8, 4) is 0 Å². The van der Waals surface area contributed by atoms with Gasteiger partial charge in [-0.3, -0.25) is 14.4 Å². The molecule has 0 spiro atoms. The molecule has 0 aliphatic rings. The van der Waals surface area contributed by atoms with E-state index in [9.17, 15) is 14.4 Å². The lowest BCUT2D eigenvalue weighted by Gasteiger charge is -2.21. The first-order valence-corrected chi connectivity index (χ1v) is 5.33. The fourth-order valence-electron chi connectivity index (χ4n) is 1.30. The molecule has 0 atom stereocenters.